The number of alkyl halides is 3. The van der Waals surface area contributed by atoms with Gasteiger partial charge in [-0.1, -0.05) is 18.2 Å². The monoisotopic (exact) mass is 242 g/mol. The summed E-state index contributed by atoms with van der Waals surface area (Å²) in [6.45, 7) is 5.60. The highest BCUT2D eigenvalue weighted by atomic mass is 19.4. The van der Waals surface area contributed by atoms with Crippen LogP contribution in [0.1, 0.15) is 18.1 Å². The van der Waals surface area contributed by atoms with Crippen molar-refractivity contribution in [3.05, 3.63) is 47.7 Å². The number of rotatable bonds is 4. The molecule has 0 unspecified atom stereocenters. The molecule has 0 amide bonds. The maximum atomic E-state index is 12.3. The first kappa shape index (κ1) is 13.3. The number of hydrogen-bond donors (Lipinski definition) is 0. The van der Waals surface area contributed by atoms with E-state index in [4.69, 9.17) is 0 Å². The summed E-state index contributed by atoms with van der Waals surface area (Å²) in [4.78, 5) is 0. The molecule has 0 N–H and O–H groups in total. The van der Waals surface area contributed by atoms with Crippen molar-refractivity contribution in [1.82, 2.24) is 5.01 Å². The maximum Gasteiger partial charge on any atom is 0.416 e. The van der Waals surface area contributed by atoms with Crippen LogP contribution in [0.25, 0.3) is 0 Å². The van der Waals surface area contributed by atoms with Crippen LogP contribution in [-0.4, -0.2) is 11.7 Å². The SMILES string of the molecule is C=NN(/C=C\C)Cc1ccc(C(F)(F)F)cc1. The summed E-state index contributed by atoms with van der Waals surface area (Å²) < 4.78 is 37.0. The van der Waals surface area contributed by atoms with Crippen LogP contribution in [0, 0.1) is 0 Å². The Kier molecular flexibility index (Phi) is 4.31. The van der Waals surface area contributed by atoms with Gasteiger partial charge in [0.1, 0.15) is 0 Å². The topological polar surface area (TPSA) is 15.6 Å². The number of hydrogen-bond acceptors (Lipinski definition) is 2. The molecule has 1 rings (SSSR count). The molecule has 5 heteroatoms. The van der Waals surface area contributed by atoms with Crippen molar-refractivity contribution >= 4 is 6.72 Å². The summed E-state index contributed by atoms with van der Waals surface area (Å²) in [5.41, 5.74) is 0.0916. The average Bonchev–Trinajstić information content (AvgIpc) is 2.28. The van der Waals surface area contributed by atoms with Gasteiger partial charge in [-0.2, -0.15) is 18.3 Å². The molecule has 0 heterocycles. The third kappa shape index (κ3) is 3.94. The molecule has 0 radical (unpaired) electrons. The quantitative estimate of drug-likeness (QED) is 0.581. The van der Waals surface area contributed by atoms with Crippen molar-refractivity contribution in [2.24, 2.45) is 5.10 Å². The lowest BCUT2D eigenvalue weighted by Crippen LogP contribution is -2.09. The Hall–Kier alpha value is -1.78. The van der Waals surface area contributed by atoms with Crippen LogP contribution in [0.5, 0.6) is 0 Å². The number of allylic oxidation sites excluding steroid dienone is 1. The van der Waals surface area contributed by atoms with Gasteiger partial charge in [0, 0.05) is 12.9 Å². The van der Waals surface area contributed by atoms with Gasteiger partial charge < -0.3 is 0 Å². The molecule has 0 bridgehead atoms. The van der Waals surface area contributed by atoms with Crippen LogP contribution in [-0.2, 0) is 12.7 Å². The van der Waals surface area contributed by atoms with E-state index in [1.54, 1.807) is 17.3 Å². The lowest BCUT2D eigenvalue weighted by molar-refractivity contribution is -0.137. The minimum Gasteiger partial charge on any atom is -0.269 e. The second kappa shape index (κ2) is 5.52. The van der Waals surface area contributed by atoms with Crippen molar-refractivity contribution in [3.8, 4) is 0 Å². The van der Waals surface area contributed by atoms with Gasteiger partial charge in [0.15, 0.2) is 0 Å². The fourth-order valence-corrected chi connectivity index (χ4v) is 1.31. The number of nitrogens with zero attached hydrogens (tertiary/aromatic N) is 2. The zero-order valence-corrected chi connectivity index (χ0v) is 9.41. The van der Waals surface area contributed by atoms with Crippen LogP contribution in [0.3, 0.4) is 0 Å². The lowest BCUT2D eigenvalue weighted by atomic mass is 10.1. The van der Waals surface area contributed by atoms with Crippen molar-refractivity contribution in [2.75, 3.05) is 0 Å². The highest BCUT2D eigenvalue weighted by Crippen LogP contribution is 2.29. The fraction of sp³-hybridized carbons (Fsp3) is 0.250. The largest absolute Gasteiger partial charge is 0.416 e. The zero-order chi connectivity index (χ0) is 12.9. The van der Waals surface area contributed by atoms with Gasteiger partial charge >= 0.3 is 6.18 Å². The maximum absolute atomic E-state index is 12.3. The molecule has 17 heavy (non-hydrogen) atoms. The first-order valence-corrected chi connectivity index (χ1v) is 4.99. The Labute approximate surface area is 98.1 Å². The van der Waals surface area contributed by atoms with E-state index in [2.05, 4.69) is 11.8 Å². The predicted molar refractivity (Wildman–Crippen MR) is 61.4 cm³/mol. The summed E-state index contributed by atoms with van der Waals surface area (Å²) in [6.07, 6.45) is -0.818. The summed E-state index contributed by atoms with van der Waals surface area (Å²) >= 11 is 0. The molecular weight excluding hydrogens is 229 g/mol. The van der Waals surface area contributed by atoms with Crippen LogP contribution >= 0.6 is 0 Å². The van der Waals surface area contributed by atoms with Crippen LogP contribution in [0.15, 0.2) is 41.6 Å². The Morgan fingerprint density at radius 3 is 2.29 bits per heavy atom. The summed E-state index contributed by atoms with van der Waals surface area (Å²) in [5.74, 6) is 0. The Bertz CT molecular complexity index is 393. The third-order valence-electron chi connectivity index (χ3n) is 2.13. The molecule has 0 saturated heterocycles. The molecule has 1 aromatic carbocycles. The summed E-state index contributed by atoms with van der Waals surface area (Å²) in [5, 5.41) is 5.26. The van der Waals surface area contributed by atoms with Gasteiger partial charge in [0.05, 0.1) is 12.1 Å². The Morgan fingerprint density at radius 2 is 1.88 bits per heavy atom. The highest BCUT2D eigenvalue weighted by Gasteiger charge is 2.29. The van der Waals surface area contributed by atoms with E-state index in [-0.39, 0.29) is 0 Å². The van der Waals surface area contributed by atoms with Gasteiger partial charge in [0.2, 0.25) is 0 Å². The zero-order valence-electron chi connectivity index (χ0n) is 9.41. The molecule has 1 aromatic rings. The minimum atomic E-state index is -4.29. The molecule has 0 aliphatic heterocycles. The van der Waals surface area contributed by atoms with E-state index in [1.165, 1.54) is 12.1 Å². The van der Waals surface area contributed by atoms with Crippen LogP contribution in [0.2, 0.25) is 0 Å². The predicted octanol–water partition coefficient (Wildman–Crippen LogP) is 3.66. The average molecular weight is 242 g/mol. The molecule has 0 saturated carbocycles. The molecule has 0 aromatic heterocycles. The fourth-order valence-electron chi connectivity index (χ4n) is 1.31. The Balaban J connectivity index is 2.78. The smallest absolute Gasteiger partial charge is 0.269 e. The molecule has 0 spiro atoms. The van der Waals surface area contributed by atoms with E-state index in [0.29, 0.717) is 6.54 Å². The van der Waals surface area contributed by atoms with E-state index in [9.17, 15) is 13.2 Å². The minimum absolute atomic E-state index is 0.395. The van der Waals surface area contributed by atoms with E-state index in [0.717, 1.165) is 17.7 Å². The van der Waals surface area contributed by atoms with Crippen molar-refractivity contribution < 1.29 is 13.2 Å². The summed E-state index contributed by atoms with van der Waals surface area (Å²) in [6, 6.07) is 4.99. The van der Waals surface area contributed by atoms with Gasteiger partial charge in [-0.3, -0.25) is 5.01 Å². The van der Waals surface area contributed by atoms with Gasteiger partial charge in [-0.05, 0) is 24.6 Å². The second-order valence-corrected chi connectivity index (χ2v) is 3.42. The highest BCUT2D eigenvalue weighted by molar-refractivity contribution is 5.26. The molecule has 0 fully saturated rings. The van der Waals surface area contributed by atoms with Crippen LogP contribution in [0.4, 0.5) is 13.2 Å². The van der Waals surface area contributed by atoms with E-state index >= 15 is 0 Å². The third-order valence-corrected chi connectivity index (χ3v) is 2.13. The molecule has 0 aliphatic rings. The standard InChI is InChI=1S/C12H13F3N2/c1-3-8-17(16-2)9-10-4-6-11(7-5-10)12(13,14)15/h3-8H,2,9H2,1H3/b8-3-. The van der Waals surface area contributed by atoms with Gasteiger partial charge in [-0.25, -0.2) is 0 Å². The van der Waals surface area contributed by atoms with Crippen molar-refractivity contribution in [3.63, 3.8) is 0 Å². The van der Waals surface area contributed by atoms with Crippen LogP contribution < -0.4 is 0 Å². The number of hydrazone groups is 1. The first-order chi connectivity index (χ1) is 7.97. The molecule has 0 aliphatic carbocycles. The molecule has 2 nitrogen and oxygen atoms in total. The lowest BCUT2D eigenvalue weighted by Gasteiger charge is -2.14. The normalized spacial score (nSPS) is 11.8. The summed E-state index contributed by atoms with van der Waals surface area (Å²) in [7, 11) is 0. The second-order valence-electron chi connectivity index (χ2n) is 3.42. The van der Waals surface area contributed by atoms with Gasteiger partial charge in [-0.15, -0.1) is 0 Å². The Morgan fingerprint density at radius 1 is 1.29 bits per heavy atom. The molecular formula is C12H13F3N2. The molecule has 0 atom stereocenters. The van der Waals surface area contributed by atoms with E-state index < -0.39 is 11.7 Å². The van der Waals surface area contributed by atoms with Crippen molar-refractivity contribution in [2.45, 2.75) is 19.6 Å². The molecule has 92 valence electrons. The van der Waals surface area contributed by atoms with Crippen molar-refractivity contribution in [1.29, 1.82) is 0 Å². The number of halogens is 3. The van der Waals surface area contributed by atoms with E-state index in [1.807, 2.05) is 6.92 Å². The first-order valence-electron chi connectivity index (χ1n) is 4.99. The number of benzene rings is 1. The van der Waals surface area contributed by atoms with Gasteiger partial charge in [0.25, 0.3) is 0 Å².